The lowest BCUT2D eigenvalue weighted by Gasteiger charge is -2.14. The summed E-state index contributed by atoms with van der Waals surface area (Å²) in [6.07, 6.45) is 0. The first-order chi connectivity index (χ1) is 13.1. The Morgan fingerprint density at radius 2 is 1.44 bits per heavy atom. The zero-order valence-corrected chi connectivity index (χ0v) is 15.1. The standard InChI is InChI=1S/C23H16ClFN2/c24-18-11-9-16(10-12-18)23-22(26)20(17-7-4-8-19(25)13-17)14-21(27-23)15-5-2-1-3-6-15/h1-14H,26H2. The summed E-state index contributed by atoms with van der Waals surface area (Å²) >= 11 is 6.02. The van der Waals surface area contributed by atoms with Crippen molar-refractivity contribution in [3.8, 4) is 33.6 Å². The van der Waals surface area contributed by atoms with Crippen LogP contribution in [0.4, 0.5) is 10.1 Å². The second kappa shape index (κ2) is 7.22. The highest BCUT2D eigenvalue weighted by Gasteiger charge is 2.15. The maximum absolute atomic E-state index is 13.8. The number of hydrogen-bond donors (Lipinski definition) is 1. The van der Waals surface area contributed by atoms with E-state index in [1.54, 1.807) is 18.2 Å². The molecule has 2 nitrogen and oxygen atoms in total. The van der Waals surface area contributed by atoms with Gasteiger partial charge in [-0.2, -0.15) is 0 Å². The van der Waals surface area contributed by atoms with Gasteiger partial charge >= 0.3 is 0 Å². The molecule has 0 saturated heterocycles. The van der Waals surface area contributed by atoms with Gasteiger partial charge in [0.15, 0.2) is 0 Å². The van der Waals surface area contributed by atoms with Crippen LogP contribution in [0.5, 0.6) is 0 Å². The van der Waals surface area contributed by atoms with E-state index in [0.29, 0.717) is 22.0 Å². The average molecular weight is 375 g/mol. The molecule has 0 fully saturated rings. The summed E-state index contributed by atoms with van der Waals surface area (Å²) in [6, 6.07) is 25.5. The molecule has 1 aromatic heterocycles. The van der Waals surface area contributed by atoms with Gasteiger partial charge in [-0.05, 0) is 35.9 Å². The molecule has 4 rings (SSSR count). The van der Waals surface area contributed by atoms with Crippen molar-refractivity contribution in [1.82, 2.24) is 4.98 Å². The SMILES string of the molecule is Nc1c(-c2cccc(F)c2)cc(-c2ccccc2)nc1-c1ccc(Cl)cc1. The number of rotatable bonds is 3. The van der Waals surface area contributed by atoms with Gasteiger partial charge in [-0.25, -0.2) is 9.37 Å². The smallest absolute Gasteiger partial charge is 0.123 e. The first kappa shape index (κ1) is 17.3. The van der Waals surface area contributed by atoms with Crippen LogP contribution in [0.3, 0.4) is 0 Å². The molecule has 0 saturated carbocycles. The lowest BCUT2D eigenvalue weighted by atomic mass is 9.97. The Labute approximate surface area is 162 Å². The van der Waals surface area contributed by atoms with Crippen LogP contribution in [0, 0.1) is 5.82 Å². The van der Waals surface area contributed by atoms with E-state index in [1.807, 2.05) is 54.6 Å². The van der Waals surface area contributed by atoms with Crippen LogP contribution in [0.1, 0.15) is 0 Å². The molecule has 132 valence electrons. The molecule has 3 aromatic carbocycles. The summed E-state index contributed by atoms with van der Waals surface area (Å²) in [5.41, 5.74) is 11.7. The van der Waals surface area contributed by atoms with Crippen molar-refractivity contribution < 1.29 is 4.39 Å². The molecule has 0 spiro atoms. The molecule has 0 aliphatic rings. The number of nitrogens with two attached hydrogens (primary N) is 1. The van der Waals surface area contributed by atoms with Crippen molar-refractivity contribution in [2.45, 2.75) is 0 Å². The second-order valence-electron chi connectivity index (χ2n) is 6.20. The van der Waals surface area contributed by atoms with Gasteiger partial charge in [0, 0.05) is 21.7 Å². The quantitative estimate of drug-likeness (QED) is 0.447. The highest BCUT2D eigenvalue weighted by Crippen LogP contribution is 2.37. The third-order valence-electron chi connectivity index (χ3n) is 4.38. The maximum atomic E-state index is 13.8. The third kappa shape index (κ3) is 3.55. The van der Waals surface area contributed by atoms with Crippen LogP contribution in [0.15, 0.2) is 84.9 Å². The summed E-state index contributed by atoms with van der Waals surface area (Å²) in [5.74, 6) is -0.307. The first-order valence-electron chi connectivity index (χ1n) is 8.49. The lowest BCUT2D eigenvalue weighted by Crippen LogP contribution is -1.99. The molecule has 0 bridgehead atoms. The van der Waals surface area contributed by atoms with E-state index < -0.39 is 0 Å². The van der Waals surface area contributed by atoms with Gasteiger partial charge in [0.1, 0.15) is 5.82 Å². The Hall–Kier alpha value is -3.17. The van der Waals surface area contributed by atoms with E-state index in [1.165, 1.54) is 12.1 Å². The van der Waals surface area contributed by atoms with Gasteiger partial charge in [0.25, 0.3) is 0 Å². The van der Waals surface area contributed by atoms with Crippen LogP contribution < -0.4 is 5.73 Å². The fraction of sp³-hybridized carbons (Fsp3) is 0. The minimum atomic E-state index is -0.307. The van der Waals surface area contributed by atoms with Crippen LogP contribution in [0.2, 0.25) is 5.02 Å². The van der Waals surface area contributed by atoms with Crippen LogP contribution in [-0.4, -0.2) is 4.98 Å². The van der Waals surface area contributed by atoms with Crippen molar-refractivity contribution in [3.05, 3.63) is 95.8 Å². The van der Waals surface area contributed by atoms with Crippen molar-refractivity contribution in [2.24, 2.45) is 0 Å². The molecule has 4 aromatic rings. The fourth-order valence-electron chi connectivity index (χ4n) is 3.03. The first-order valence-corrected chi connectivity index (χ1v) is 8.87. The van der Waals surface area contributed by atoms with Crippen molar-refractivity contribution in [3.63, 3.8) is 0 Å². The minimum absolute atomic E-state index is 0.307. The Kier molecular flexibility index (Phi) is 4.61. The molecule has 0 radical (unpaired) electrons. The molecule has 0 amide bonds. The number of anilines is 1. The Morgan fingerprint density at radius 1 is 0.741 bits per heavy atom. The van der Waals surface area contributed by atoms with Gasteiger partial charge < -0.3 is 5.73 Å². The molecule has 27 heavy (non-hydrogen) atoms. The van der Waals surface area contributed by atoms with E-state index in [9.17, 15) is 4.39 Å². The zero-order chi connectivity index (χ0) is 18.8. The molecule has 0 atom stereocenters. The topological polar surface area (TPSA) is 38.9 Å². The summed E-state index contributed by atoms with van der Waals surface area (Å²) < 4.78 is 13.8. The Morgan fingerprint density at radius 3 is 2.15 bits per heavy atom. The zero-order valence-electron chi connectivity index (χ0n) is 14.4. The number of aromatic nitrogens is 1. The lowest BCUT2D eigenvalue weighted by molar-refractivity contribution is 0.628. The van der Waals surface area contributed by atoms with Crippen molar-refractivity contribution in [1.29, 1.82) is 0 Å². The summed E-state index contributed by atoms with van der Waals surface area (Å²) in [4.78, 5) is 4.79. The third-order valence-corrected chi connectivity index (χ3v) is 4.63. The largest absolute Gasteiger partial charge is 0.396 e. The predicted molar refractivity (Wildman–Crippen MR) is 110 cm³/mol. The highest BCUT2D eigenvalue weighted by atomic mass is 35.5. The molecular formula is C23H16ClFN2. The van der Waals surface area contributed by atoms with E-state index in [4.69, 9.17) is 22.3 Å². The number of hydrogen-bond acceptors (Lipinski definition) is 2. The summed E-state index contributed by atoms with van der Waals surface area (Å²) in [7, 11) is 0. The molecule has 0 aliphatic carbocycles. The number of halogens is 2. The molecule has 4 heteroatoms. The van der Waals surface area contributed by atoms with Gasteiger partial charge in [0.2, 0.25) is 0 Å². The van der Waals surface area contributed by atoms with Crippen molar-refractivity contribution >= 4 is 17.3 Å². The summed E-state index contributed by atoms with van der Waals surface area (Å²) in [5, 5.41) is 0.641. The number of nitrogen functional groups attached to an aromatic ring is 1. The van der Waals surface area contributed by atoms with Gasteiger partial charge in [0.05, 0.1) is 17.1 Å². The molecule has 0 aliphatic heterocycles. The monoisotopic (exact) mass is 374 g/mol. The minimum Gasteiger partial charge on any atom is -0.396 e. The maximum Gasteiger partial charge on any atom is 0.123 e. The van der Waals surface area contributed by atoms with Gasteiger partial charge in [-0.1, -0.05) is 66.2 Å². The summed E-state index contributed by atoms with van der Waals surface area (Å²) in [6.45, 7) is 0. The molecular weight excluding hydrogens is 359 g/mol. The molecule has 0 unspecified atom stereocenters. The van der Waals surface area contributed by atoms with Crippen LogP contribution in [0.25, 0.3) is 33.6 Å². The molecule has 2 N–H and O–H groups in total. The van der Waals surface area contributed by atoms with Gasteiger partial charge in [-0.15, -0.1) is 0 Å². The number of benzene rings is 3. The van der Waals surface area contributed by atoms with Gasteiger partial charge in [-0.3, -0.25) is 0 Å². The predicted octanol–water partition coefficient (Wildman–Crippen LogP) is 6.46. The number of nitrogens with zero attached hydrogens (tertiary/aromatic N) is 1. The van der Waals surface area contributed by atoms with E-state index in [0.717, 1.165) is 22.4 Å². The van der Waals surface area contributed by atoms with E-state index >= 15 is 0 Å². The Bertz CT molecular complexity index is 1090. The molecule has 1 heterocycles. The average Bonchev–Trinajstić information content (AvgIpc) is 2.70. The normalized spacial score (nSPS) is 10.7. The van der Waals surface area contributed by atoms with Crippen LogP contribution in [-0.2, 0) is 0 Å². The Balaban J connectivity index is 1.98. The van der Waals surface area contributed by atoms with Crippen LogP contribution >= 0.6 is 11.6 Å². The van der Waals surface area contributed by atoms with Crippen molar-refractivity contribution in [2.75, 3.05) is 5.73 Å². The highest BCUT2D eigenvalue weighted by molar-refractivity contribution is 6.30. The second-order valence-corrected chi connectivity index (χ2v) is 6.64. The number of pyridine rings is 1. The van der Waals surface area contributed by atoms with E-state index in [2.05, 4.69) is 0 Å². The fourth-order valence-corrected chi connectivity index (χ4v) is 3.16. The van der Waals surface area contributed by atoms with E-state index in [-0.39, 0.29) is 5.82 Å².